The summed E-state index contributed by atoms with van der Waals surface area (Å²) in [6.45, 7) is 0. The molecule has 33 heavy (non-hydrogen) atoms. The van der Waals surface area contributed by atoms with Gasteiger partial charge in [-0.05, 0) is 23.8 Å². The van der Waals surface area contributed by atoms with Gasteiger partial charge in [-0.25, -0.2) is 0 Å². The molecule has 0 aliphatic rings. The topological polar surface area (TPSA) is 120 Å². The highest BCUT2D eigenvalue weighted by molar-refractivity contribution is 7.89. The molecule has 3 aromatic rings. The molecule has 0 radical (unpaired) electrons. The molecule has 0 spiro atoms. The van der Waals surface area contributed by atoms with E-state index in [2.05, 4.69) is 5.10 Å². The Kier molecular flexibility index (Phi) is 8.14. The van der Waals surface area contributed by atoms with Gasteiger partial charge in [0.25, 0.3) is 0 Å². The largest absolute Gasteiger partial charge is 0.593 e. The van der Waals surface area contributed by atoms with Crippen LogP contribution in [0, 0.1) is 10.8 Å². The van der Waals surface area contributed by atoms with Crippen molar-refractivity contribution in [3.05, 3.63) is 57.3 Å². The summed E-state index contributed by atoms with van der Waals surface area (Å²) in [6.07, 6.45) is 0.671. The molecule has 11 heteroatoms. The van der Waals surface area contributed by atoms with Crippen LogP contribution in [0.1, 0.15) is 16.1 Å². The molecule has 2 aromatic carbocycles. The Labute approximate surface area is 199 Å². The van der Waals surface area contributed by atoms with Gasteiger partial charge in [-0.1, -0.05) is 23.5 Å². The van der Waals surface area contributed by atoms with Crippen molar-refractivity contribution in [2.45, 2.75) is 17.7 Å². The molecule has 0 saturated carbocycles. The fourth-order valence-electron chi connectivity index (χ4n) is 3.16. The SMILES string of the molecule is COc1ccc(Cc2nn(C(=N)Cc3cc(OC)c(OC)cc3[S+]([O-])N(C)C)c(=N)s2)cc1. The highest BCUT2D eigenvalue weighted by Crippen LogP contribution is 2.34. The molecule has 9 nitrogen and oxygen atoms in total. The highest BCUT2D eigenvalue weighted by atomic mass is 32.2. The van der Waals surface area contributed by atoms with Gasteiger partial charge in [-0.2, -0.15) is 9.78 Å². The zero-order valence-corrected chi connectivity index (χ0v) is 20.8. The molecule has 0 bridgehead atoms. The number of hydrogen-bond acceptors (Lipinski definition) is 9. The Bertz CT molecular complexity index is 1170. The average molecular weight is 490 g/mol. The predicted octanol–water partition coefficient (Wildman–Crippen LogP) is 2.69. The molecule has 1 unspecified atom stereocenters. The molecule has 2 N–H and O–H groups in total. The van der Waals surface area contributed by atoms with E-state index in [4.69, 9.17) is 25.0 Å². The van der Waals surface area contributed by atoms with Crippen molar-refractivity contribution < 1.29 is 18.8 Å². The van der Waals surface area contributed by atoms with Crippen LogP contribution in [0.5, 0.6) is 17.2 Å². The minimum atomic E-state index is -1.45. The van der Waals surface area contributed by atoms with Gasteiger partial charge < -0.3 is 18.8 Å². The molecule has 1 atom stereocenters. The van der Waals surface area contributed by atoms with E-state index in [1.54, 1.807) is 37.6 Å². The maximum absolute atomic E-state index is 12.9. The van der Waals surface area contributed by atoms with E-state index in [1.165, 1.54) is 30.2 Å². The summed E-state index contributed by atoms with van der Waals surface area (Å²) in [6, 6.07) is 11.0. The summed E-state index contributed by atoms with van der Waals surface area (Å²) in [5.74, 6) is 1.81. The Morgan fingerprint density at radius 3 is 2.30 bits per heavy atom. The van der Waals surface area contributed by atoms with Crippen LogP contribution in [-0.2, 0) is 24.2 Å². The van der Waals surface area contributed by atoms with Gasteiger partial charge in [0.1, 0.15) is 16.6 Å². The van der Waals surface area contributed by atoms with E-state index < -0.39 is 11.4 Å². The third-order valence-electron chi connectivity index (χ3n) is 4.83. The molecule has 0 fully saturated rings. The molecule has 0 saturated heterocycles. The zero-order chi connectivity index (χ0) is 24.1. The maximum atomic E-state index is 12.9. The second-order valence-corrected chi connectivity index (χ2v) is 9.97. The van der Waals surface area contributed by atoms with E-state index >= 15 is 0 Å². The number of nitrogens with one attached hydrogen (secondary N) is 2. The molecular weight excluding hydrogens is 462 g/mol. The van der Waals surface area contributed by atoms with E-state index in [-0.39, 0.29) is 17.1 Å². The monoisotopic (exact) mass is 489 g/mol. The number of nitrogens with zero attached hydrogens (tertiary/aromatic N) is 3. The number of rotatable bonds is 9. The molecule has 176 valence electrons. The van der Waals surface area contributed by atoms with Crippen LogP contribution in [-0.4, -0.2) is 59.9 Å². The molecule has 0 aliphatic carbocycles. The van der Waals surface area contributed by atoms with Gasteiger partial charge >= 0.3 is 0 Å². The van der Waals surface area contributed by atoms with Crippen LogP contribution in [0.4, 0.5) is 0 Å². The smallest absolute Gasteiger partial charge is 0.206 e. The number of ether oxygens (including phenoxy) is 3. The lowest BCUT2D eigenvalue weighted by molar-refractivity contribution is 0.353. The van der Waals surface area contributed by atoms with E-state index in [9.17, 15) is 4.55 Å². The quantitative estimate of drug-likeness (QED) is 0.271. The summed E-state index contributed by atoms with van der Waals surface area (Å²) in [5.41, 5.74) is 1.67. The minimum Gasteiger partial charge on any atom is -0.593 e. The van der Waals surface area contributed by atoms with Crippen LogP contribution >= 0.6 is 11.3 Å². The van der Waals surface area contributed by atoms with Crippen LogP contribution in [0.3, 0.4) is 0 Å². The molecule has 0 aliphatic heterocycles. The van der Waals surface area contributed by atoms with Gasteiger partial charge in [0, 0.05) is 38.6 Å². The first kappa shape index (κ1) is 24.8. The van der Waals surface area contributed by atoms with Crippen molar-refractivity contribution in [2.75, 3.05) is 35.4 Å². The van der Waals surface area contributed by atoms with Crippen LogP contribution < -0.4 is 19.0 Å². The lowest BCUT2D eigenvalue weighted by atomic mass is 10.1. The van der Waals surface area contributed by atoms with Gasteiger partial charge in [-0.3, -0.25) is 10.8 Å². The second kappa shape index (κ2) is 10.8. The first-order valence-corrected chi connectivity index (χ1v) is 11.9. The van der Waals surface area contributed by atoms with Crippen LogP contribution in [0.25, 0.3) is 0 Å². The van der Waals surface area contributed by atoms with Crippen molar-refractivity contribution in [1.82, 2.24) is 14.1 Å². The van der Waals surface area contributed by atoms with E-state index in [0.717, 1.165) is 16.3 Å². The van der Waals surface area contributed by atoms with Gasteiger partial charge in [0.2, 0.25) is 4.80 Å². The maximum Gasteiger partial charge on any atom is 0.206 e. The lowest BCUT2D eigenvalue weighted by Crippen LogP contribution is -2.27. The minimum absolute atomic E-state index is 0.0986. The Morgan fingerprint density at radius 2 is 1.73 bits per heavy atom. The van der Waals surface area contributed by atoms with Gasteiger partial charge in [0.15, 0.2) is 16.4 Å². The molecular formula is C22H27N5O4S2. The number of benzene rings is 2. The summed E-state index contributed by atoms with van der Waals surface area (Å²) < 4.78 is 31.7. The van der Waals surface area contributed by atoms with Crippen molar-refractivity contribution in [1.29, 1.82) is 10.8 Å². The average Bonchev–Trinajstić information content (AvgIpc) is 3.18. The normalized spacial score (nSPS) is 12.0. The van der Waals surface area contributed by atoms with Crippen LogP contribution in [0.2, 0.25) is 0 Å². The third-order valence-corrected chi connectivity index (χ3v) is 7.08. The standard InChI is InChI=1S/C22H27N5O4S2/c1-26(2)33(28)19-13-18(31-5)17(30-4)11-15(19)12-20(23)27-22(24)32-21(25-27)10-14-6-8-16(29-3)9-7-14/h6-9,11,13,23-24H,10,12H2,1-5H3. The third kappa shape index (κ3) is 5.74. The second-order valence-electron chi connectivity index (χ2n) is 7.24. The highest BCUT2D eigenvalue weighted by Gasteiger charge is 2.25. The van der Waals surface area contributed by atoms with Crippen molar-refractivity contribution in [3.63, 3.8) is 0 Å². The Balaban J connectivity index is 1.88. The molecule has 0 amide bonds. The molecule has 1 heterocycles. The first-order chi connectivity index (χ1) is 15.8. The summed E-state index contributed by atoms with van der Waals surface area (Å²) >= 11 is -0.234. The lowest BCUT2D eigenvalue weighted by Gasteiger charge is -2.20. The number of hydrogen-bond donors (Lipinski definition) is 2. The fourth-order valence-corrected chi connectivity index (χ4v) is 4.94. The molecule has 1 aromatic heterocycles. The van der Waals surface area contributed by atoms with Crippen molar-refractivity contribution in [3.8, 4) is 17.2 Å². The number of methoxy groups -OCH3 is 3. The Hall–Kier alpha value is -2.86. The van der Waals surface area contributed by atoms with E-state index in [1.807, 2.05) is 24.3 Å². The van der Waals surface area contributed by atoms with Crippen molar-refractivity contribution in [2.24, 2.45) is 0 Å². The van der Waals surface area contributed by atoms with Gasteiger partial charge in [-0.15, -0.1) is 4.31 Å². The molecule has 3 rings (SSSR count). The number of aromatic nitrogens is 2. The first-order valence-electron chi connectivity index (χ1n) is 9.95. The van der Waals surface area contributed by atoms with Gasteiger partial charge in [0.05, 0.1) is 32.7 Å². The summed E-state index contributed by atoms with van der Waals surface area (Å²) in [5, 5.41) is 22.1. The Morgan fingerprint density at radius 1 is 1.09 bits per heavy atom. The zero-order valence-electron chi connectivity index (χ0n) is 19.2. The van der Waals surface area contributed by atoms with E-state index in [0.29, 0.717) is 28.4 Å². The fraction of sp³-hybridized carbons (Fsp3) is 0.318. The predicted molar refractivity (Wildman–Crippen MR) is 128 cm³/mol. The van der Waals surface area contributed by atoms with Crippen LogP contribution in [0.15, 0.2) is 41.3 Å². The van der Waals surface area contributed by atoms with Crippen molar-refractivity contribution >= 4 is 28.5 Å². The summed E-state index contributed by atoms with van der Waals surface area (Å²) in [7, 11) is 8.09. The summed E-state index contributed by atoms with van der Waals surface area (Å²) in [4.78, 5) is 0.669.